The zero-order chi connectivity index (χ0) is 15.3. The quantitative estimate of drug-likeness (QED) is 0.895. The SMILES string of the molecule is c1ccc2c(c1)OC1(CCC1)C[C@H]2N[C@@H]1CCc2[nH]ncc2C1. The van der Waals surface area contributed by atoms with Crippen molar-refractivity contribution in [1.82, 2.24) is 15.5 Å². The molecule has 5 rings (SSSR count). The monoisotopic (exact) mass is 309 g/mol. The zero-order valence-corrected chi connectivity index (χ0v) is 13.3. The Labute approximate surface area is 136 Å². The van der Waals surface area contributed by atoms with Crippen LogP contribution in [0.2, 0.25) is 0 Å². The largest absolute Gasteiger partial charge is 0.487 e. The lowest BCUT2D eigenvalue weighted by Crippen LogP contribution is -2.50. The molecule has 2 N–H and O–H groups in total. The van der Waals surface area contributed by atoms with Crippen LogP contribution in [-0.4, -0.2) is 21.8 Å². The van der Waals surface area contributed by atoms with Crippen LogP contribution in [0.4, 0.5) is 0 Å². The van der Waals surface area contributed by atoms with Gasteiger partial charge in [0, 0.05) is 29.8 Å². The minimum absolute atomic E-state index is 0.0987. The first-order valence-electron chi connectivity index (χ1n) is 8.86. The molecule has 1 saturated carbocycles. The first-order valence-corrected chi connectivity index (χ1v) is 8.86. The normalized spacial score (nSPS) is 27.7. The van der Waals surface area contributed by atoms with Crippen molar-refractivity contribution in [3.05, 3.63) is 47.3 Å². The Hall–Kier alpha value is -1.81. The highest BCUT2D eigenvalue weighted by Crippen LogP contribution is 2.49. The average Bonchev–Trinajstić information content (AvgIpc) is 3.01. The van der Waals surface area contributed by atoms with Crippen molar-refractivity contribution in [1.29, 1.82) is 0 Å². The standard InChI is InChI=1S/C19H23N3O/c1-2-5-18-15(4-1)17(11-19(23-18)8-3-9-19)21-14-6-7-16-13(10-14)12-20-22-16/h1-2,4-5,12,14,17,21H,3,6-11H2,(H,20,22)/t14-,17-/m1/s1. The molecule has 0 bridgehead atoms. The molecule has 4 heteroatoms. The van der Waals surface area contributed by atoms with Gasteiger partial charge < -0.3 is 10.1 Å². The lowest BCUT2D eigenvalue weighted by molar-refractivity contribution is -0.0381. The molecular formula is C19H23N3O. The van der Waals surface area contributed by atoms with Crippen molar-refractivity contribution in [3.63, 3.8) is 0 Å². The van der Waals surface area contributed by atoms with Gasteiger partial charge in [-0.2, -0.15) is 5.10 Å². The molecule has 4 nitrogen and oxygen atoms in total. The Balaban J connectivity index is 1.39. The Bertz CT molecular complexity index is 719. The van der Waals surface area contributed by atoms with Crippen LogP contribution in [0.1, 0.15) is 55.0 Å². The highest BCUT2D eigenvalue weighted by molar-refractivity contribution is 5.39. The van der Waals surface area contributed by atoms with E-state index in [-0.39, 0.29) is 5.60 Å². The number of aromatic amines is 1. The molecule has 1 aromatic heterocycles. The summed E-state index contributed by atoms with van der Waals surface area (Å²) < 4.78 is 6.36. The predicted molar refractivity (Wildman–Crippen MR) is 88.5 cm³/mol. The maximum absolute atomic E-state index is 6.36. The summed E-state index contributed by atoms with van der Waals surface area (Å²) in [4.78, 5) is 0. The van der Waals surface area contributed by atoms with Crippen molar-refractivity contribution in [3.8, 4) is 5.75 Å². The highest BCUT2D eigenvalue weighted by atomic mass is 16.5. The summed E-state index contributed by atoms with van der Waals surface area (Å²) in [5.74, 6) is 1.09. The molecule has 0 amide bonds. The Morgan fingerprint density at radius 2 is 2.17 bits per heavy atom. The minimum Gasteiger partial charge on any atom is -0.487 e. The number of hydrogen-bond acceptors (Lipinski definition) is 3. The summed E-state index contributed by atoms with van der Waals surface area (Å²) in [6, 6.07) is 9.53. The zero-order valence-electron chi connectivity index (χ0n) is 13.3. The molecule has 2 heterocycles. The van der Waals surface area contributed by atoms with Crippen LogP contribution in [0, 0.1) is 0 Å². The molecule has 0 unspecified atom stereocenters. The Morgan fingerprint density at radius 1 is 1.26 bits per heavy atom. The van der Waals surface area contributed by atoms with Gasteiger partial charge in [0.2, 0.25) is 0 Å². The molecule has 120 valence electrons. The van der Waals surface area contributed by atoms with Crippen LogP contribution in [0.25, 0.3) is 0 Å². The van der Waals surface area contributed by atoms with E-state index in [1.165, 1.54) is 42.5 Å². The van der Waals surface area contributed by atoms with Gasteiger partial charge in [-0.05, 0) is 50.2 Å². The highest BCUT2D eigenvalue weighted by Gasteiger charge is 2.45. The number of aromatic nitrogens is 2. The molecule has 2 atom stereocenters. The maximum atomic E-state index is 6.36. The first-order chi connectivity index (χ1) is 11.3. The van der Waals surface area contributed by atoms with Crippen molar-refractivity contribution >= 4 is 0 Å². The molecule has 1 fully saturated rings. The summed E-state index contributed by atoms with van der Waals surface area (Å²) in [5.41, 5.74) is 4.14. The number of para-hydroxylation sites is 1. The molecule has 23 heavy (non-hydrogen) atoms. The number of nitrogens with one attached hydrogen (secondary N) is 2. The van der Waals surface area contributed by atoms with E-state index in [0.717, 1.165) is 25.0 Å². The summed E-state index contributed by atoms with van der Waals surface area (Å²) >= 11 is 0. The third-order valence-electron chi connectivity index (χ3n) is 5.92. The van der Waals surface area contributed by atoms with Gasteiger partial charge in [0.1, 0.15) is 11.4 Å². The van der Waals surface area contributed by atoms with Gasteiger partial charge in [0.05, 0.1) is 6.20 Å². The number of hydrogen-bond donors (Lipinski definition) is 2. The predicted octanol–water partition coefficient (Wildman–Crippen LogP) is 3.30. The fourth-order valence-corrected chi connectivity index (χ4v) is 4.49. The van der Waals surface area contributed by atoms with E-state index in [1.54, 1.807) is 0 Å². The van der Waals surface area contributed by atoms with Crippen molar-refractivity contribution in [2.24, 2.45) is 0 Å². The van der Waals surface area contributed by atoms with E-state index in [4.69, 9.17) is 4.74 Å². The molecule has 2 aromatic rings. The lowest BCUT2D eigenvalue weighted by atomic mass is 9.72. The number of ether oxygens (including phenoxy) is 1. The fraction of sp³-hybridized carbons (Fsp3) is 0.526. The van der Waals surface area contributed by atoms with Crippen LogP contribution < -0.4 is 10.1 Å². The Kier molecular flexibility index (Phi) is 3.02. The molecule has 0 radical (unpaired) electrons. The van der Waals surface area contributed by atoms with Gasteiger partial charge in [-0.25, -0.2) is 0 Å². The number of fused-ring (bicyclic) bond motifs is 2. The second-order valence-electron chi connectivity index (χ2n) is 7.41. The van der Waals surface area contributed by atoms with Crippen LogP contribution in [0.3, 0.4) is 0 Å². The summed E-state index contributed by atoms with van der Waals surface area (Å²) in [5, 5.41) is 11.3. The molecule has 1 aliphatic heterocycles. The number of H-pyrrole nitrogens is 1. The molecule has 2 aliphatic carbocycles. The van der Waals surface area contributed by atoms with E-state index in [2.05, 4.69) is 39.8 Å². The first kappa shape index (κ1) is 13.6. The van der Waals surface area contributed by atoms with E-state index in [1.807, 2.05) is 6.20 Å². The van der Waals surface area contributed by atoms with Crippen molar-refractivity contribution in [2.75, 3.05) is 0 Å². The third kappa shape index (κ3) is 2.27. The van der Waals surface area contributed by atoms with Gasteiger partial charge in [-0.3, -0.25) is 5.10 Å². The van der Waals surface area contributed by atoms with E-state index < -0.39 is 0 Å². The van der Waals surface area contributed by atoms with Crippen LogP contribution in [0.15, 0.2) is 30.5 Å². The van der Waals surface area contributed by atoms with Crippen LogP contribution >= 0.6 is 0 Å². The average molecular weight is 309 g/mol. The molecule has 1 aromatic carbocycles. The summed E-state index contributed by atoms with van der Waals surface area (Å²) in [6.07, 6.45) is 10.2. The second-order valence-corrected chi connectivity index (χ2v) is 7.41. The van der Waals surface area contributed by atoms with E-state index in [9.17, 15) is 0 Å². The number of nitrogens with zero attached hydrogens (tertiary/aromatic N) is 1. The topological polar surface area (TPSA) is 49.9 Å². The van der Waals surface area contributed by atoms with Crippen molar-refractivity contribution < 1.29 is 4.74 Å². The molecule has 1 spiro atoms. The third-order valence-corrected chi connectivity index (χ3v) is 5.92. The fourth-order valence-electron chi connectivity index (χ4n) is 4.49. The van der Waals surface area contributed by atoms with Crippen LogP contribution in [-0.2, 0) is 12.8 Å². The number of aryl methyl sites for hydroxylation is 1. The molecule has 3 aliphatic rings. The van der Waals surface area contributed by atoms with Gasteiger partial charge in [-0.1, -0.05) is 18.2 Å². The summed E-state index contributed by atoms with van der Waals surface area (Å²) in [6.45, 7) is 0. The minimum atomic E-state index is 0.0987. The number of rotatable bonds is 2. The number of benzene rings is 1. The maximum Gasteiger partial charge on any atom is 0.124 e. The van der Waals surface area contributed by atoms with E-state index in [0.29, 0.717) is 12.1 Å². The van der Waals surface area contributed by atoms with Gasteiger partial charge in [0.25, 0.3) is 0 Å². The van der Waals surface area contributed by atoms with Gasteiger partial charge in [-0.15, -0.1) is 0 Å². The second kappa shape index (κ2) is 5.10. The van der Waals surface area contributed by atoms with Gasteiger partial charge >= 0.3 is 0 Å². The summed E-state index contributed by atoms with van der Waals surface area (Å²) in [7, 11) is 0. The molecule has 0 saturated heterocycles. The van der Waals surface area contributed by atoms with E-state index >= 15 is 0 Å². The van der Waals surface area contributed by atoms with Gasteiger partial charge in [0.15, 0.2) is 0 Å². The van der Waals surface area contributed by atoms with Crippen LogP contribution in [0.5, 0.6) is 5.75 Å². The smallest absolute Gasteiger partial charge is 0.124 e. The van der Waals surface area contributed by atoms with Crippen molar-refractivity contribution in [2.45, 2.75) is 62.6 Å². The Morgan fingerprint density at radius 3 is 3.04 bits per heavy atom. The lowest BCUT2D eigenvalue weighted by Gasteiger charge is -2.48. The molecular weight excluding hydrogens is 286 g/mol.